The van der Waals surface area contributed by atoms with Gasteiger partial charge < -0.3 is 15.5 Å². The minimum absolute atomic E-state index is 0.0859. The van der Waals surface area contributed by atoms with E-state index in [1.807, 2.05) is 6.08 Å². The lowest BCUT2D eigenvalue weighted by atomic mass is 10.0. The predicted octanol–water partition coefficient (Wildman–Crippen LogP) is 22.3. The number of aliphatic hydroxyl groups excluding tert-OH is 2. The summed E-state index contributed by atoms with van der Waals surface area (Å²) < 4.78 is 0. The van der Waals surface area contributed by atoms with E-state index in [1.165, 1.54) is 161 Å². The van der Waals surface area contributed by atoms with Crippen LogP contribution in [0.5, 0.6) is 0 Å². The van der Waals surface area contributed by atoms with Crippen LogP contribution >= 0.6 is 0 Å². The highest BCUT2D eigenvalue weighted by Gasteiger charge is 2.18. The van der Waals surface area contributed by atoms with E-state index < -0.39 is 12.1 Å². The fourth-order valence-electron chi connectivity index (χ4n) is 9.17. The van der Waals surface area contributed by atoms with Gasteiger partial charge in [0, 0.05) is 6.42 Å². The van der Waals surface area contributed by atoms with Crippen molar-refractivity contribution in [3.8, 4) is 0 Å². The molecule has 1 amide bonds. The number of nitrogens with one attached hydrogen (secondary N) is 1. The number of carbonyl (C=O) groups excluding carboxylic acids is 1. The van der Waals surface area contributed by atoms with Gasteiger partial charge in [-0.2, -0.15) is 0 Å². The first-order valence-electron chi connectivity index (χ1n) is 32.5. The van der Waals surface area contributed by atoms with Crippen molar-refractivity contribution in [1.29, 1.82) is 0 Å². The average Bonchev–Trinajstić information content (AvgIpc) is 3.43. The second-order valence-corrected chi connectivity index (χ2v) is 21.4. The van der Waals surface area contributed by atoms with Crippen LogP contribution in [0, 0.1) is 0 Å². The fourth-order valence-corrected chi connectivity index (χ4v) is 9.17. The Morgan fingerprint density at radius 3 is 0.909 bits per heavy atom. The largest absolute Gasteiger partial charge is 0.394 e. The van der Waals surface area contributed by atoms with E-state index >= 15 is 0 Å². The molecule has 0 saturated carbocycles. The number of aliphatic hydroxyl groups is 2. The second kappa shape index (κ2) is 66.5. The minimum Gasteiger partial charge on any atom is -0.394 e. The molecule has 0 aliphatic carbocycles. The first-order valence-corrected chi connectivity index (χ1v) is 32.5. The topological polar surface area (TPSA) is 69.6 Å². The molecule has 0 aliphatic heterocycles. The Kier molecular flexibility index (Phi) is 63.3. The second-order valence-electron chi connectivity index (χ2n) is 21.4. The molecule has 0 fully saturated rings. The Morgan fingerprint density at radius 2 is 0.584 bits per heavy atom. The van der Waals surface area contributed by atoms with Crippen molar-refractivity contribution in [2.75, 3.05) is 6.61 Å². The van der Waals surface area contributed by atoms with Gasteiger partial charge in [0.05, 0.1) is 18.8 Å². The lowest BCUT2D eigenvalue weighted by Crippen LogP contribution is -2.45. The number of amides is 1. The van der Waals surface area contributed by atoms with Crippen molar-refractivity contribution >= 4 is 5.91 Å². The molecule has 0 bridgehead atoms. The summed E-state index contributed by atoms with van der Waals surface area (Å²) in [5.74, 6) is -0.0859. The number of allylic oxidation sites excluding steroid dienone is 23. The van der Waals surface area contributed by atoms with Crippen LogP contribution in [-0.2, 0) is 4.79 Å². The predicted molar refractivity (Wildman–Crippen MR) is 345 cm³/mol. The zero-order valence-corrected chi connectivity index (χ0v) is 50.4. The summed E-state index contributed by atoms with van der Waals surface area (Å²) in [5.41, 5.74) is 0. The lowest BCUT2D eigenvalue weighted by molar-refractivity contribution is -0.123. The summed E-state index contributed by atoms with van der Waals surface area (Å²) in [6.07, 6.45) is 105. The van der Waals surface area contributed by atoms with E-state index in [-0.39, 0.29) is 12.5 Å². The highest BCUT2D eigenvalue weighted by molar-refractivity contribution is 5.76. The zero-order valence-electron chi connectivity index (χ0n) is 50.4. The first-order chi connectivity index (χ1) is 38.2. The fraction of sp³-hybridized carbons (Fsp3) is 0.658. The van der Waals surface area contributed by atoms with Gasteiger partial charge in [-0.05, 0) is 109 Å². The quantitative estimate of drug-likeness (QED) is 0.0420. The van der Waals surface area contributed by atoms with E-state index in [1.54, 1.807) is 6.08 Å². The third kappa shape index (κ3) is 63.0. The summed E-state index contributed by atoms with van der Waals surface area (Å²) in [4.78, 5) is 12.5. The monoisotopic (exact) mass is 1060 g/mol. The number of hydrogen-bond acceptors (Lipinski definition) is 3. The SMILES string of the molecule is CC/C=C\C/C=C\C/C=C\C/C=C\C/C=C\C/C=C\C/C=C\C/C=C\C/C=C\C/C=C\CCCCCCCCCCC(=O)NC(CO)C(O)/C=C/CC/C=C/CCCCCCCCCCCCCCCCCCCCCC. The highest BCUT2D eigenvalue weighted by atomic mass is 16.3. The van der Waals surface area contributed by atoms with Gasteiger partial charge in [-0.1, -0.05) is 320 Å². The maximum atomic E-state index is 12.5. The van der Waals surface area contributed by atoms with Gasteiger partial charge in [-0.25, -0.2) is 0 Å². The van der Waals surface area contributed by atoms with Crippen molar-refractivity contribution in [3.63, 3.8) is 0 Å². The highest BCUT2D eigenvalue weighted by Crippen LogP contribution is 2.16. The Morgan fingerprint density at radius 1 is 0.325 bits per heavy atom. The van der Waals surface area contributed by atoms with Crippen LogP contribution in [-0.4, -0.2) is 34.9 Å². The molecule has 4 nitrogen and oxygen atoms in total. The van der Waals surface area contributed by atoms with Crippen molar-refractivity contribution in [2.45, 2.75) is 302 Å². The Bertz CT molecular complexity index is 1580. The van der Waals surface area contributed by atoms with Gasteiger partial charge in [0.1, 0.15) is 0 Å². The smallest absolute Gasteiger partial charge is 0.220 e. The Hall–Kier alpha value is -3.73. The molecule has 3 N–H and O–H groups in total. The van der Waals surface area contributed by atoms with Crippen LogP contribution in [0.25, 0.3) is 0 Å². The molecule has 0 aromatic heterocycles. The van der Waals surface area contributed by atoms with Gasteiger partial charge >= 0.3 is 0 Å². The molecule has 0 aromatic rings. The summed E-state index contributed by atoms with van der Waals surface area (Å²) in [5, 5.41) is 23.2. The molecule has 0 rings (SSSR count). The van der Waals surface area contributed by atoms with E-state index in [2.05, 4.69) is 153 Å². The molecular weight excluding hydrogens is 939 g/mol. The lowest BCUT2D eigenvalue weighted by Gasteiger charge is -2.19. The number of unbranched alkanes of at least 4 members (excludes halogenated alkanes) is 29. The molecule has 0 heterocycles. The van der Waals surface area contributed by atoms with Crippen LogP contribution < -0.4 is 5.32 Å². The zero-order chi connectivity index (χ0) is 55.5. The van der Waals surface area contributed by atoms with Crippen LogP contribution in [0.15, 0.2) is 146 Å². The van der Waals surface area contributed by atoms with E-state index in [4.69, 9.17) is 0 Å². The number of carbonyl (C=O) groups is 1. The third-order valence-corrected chi connectivity index (χ3v) is 14.1. The number of rotatable bonds is 58. The molecule has 0 radical (unpaired) electrons. The van der Waals surface area contributed by atoms with Crippen molar-refractivity contribution in [1.82, 2.24) is 5.32 Å². The average molecular weight is 1060 g/mol. The molecule has 77 heavy (non-hydrogen) atoms. The standard InChI is InChI=1S/C73H123NO3/c1-3-5-7-9-11-13-15-17-19-21-23-25-27-29-31-32-33-34-35-36-37-38-39-40-41-42-43-45-47-49-51-53-55-57-59-61-63-65-67-69-73(77)74-71(70-75)72(76)68-66-64-62-60-58-56-54-52-50-48-46-44-30-28-26-24-22-20-18-16-14-12-10-8-6-4-2/h5,7,11,13,17,19,23,25,29,31,33-34,36-37,39-40,42-43,47,49,58,60,66,68,71-72,75-76H,3-4,6,8-10,12,14-16,18,20-22,24,26-28,30,32,35,38,41,44-46,48,50-57,59,61-65,67,69-70H2,1-2H3,(H,74,77)/b7-5-,13-11-,19-17-,25-23-,31-29-,34-33-,37-36-,40-39-,43-42-,49-47-,60-58+,68-66+. The molecule has 0 aromatic carbocycles. The summed E-state index contributed by atoms with van der Waals surface area (Å²) >= 11 is 0. The minimum atomic E-state index is -0.877. The van der Waals surface area contributed by atoms with E-state index in [0.717, 1.165) is 109 Å². The molecule has 2 unspecified atom stereocenters. The summed E-state index contributed by atoms with van der Waals surface area (Å²) in [6, 6.07) is -0.656. The van der Waals surface area contributed by atoms with Crippen molar-refractivity contribution in [3.05, 3.63) is 146 Å². The van der Waals surface area contributed by atoms with Crippen LogP contribution in [0.1, 0.15) is 290 Å². The molecule has 438 valence electrons. The van der Waals surface area contributed by atoms with Gasteiger partial charge in [-0.3, -0.25) is 4.79 Å². The van der Waals surface area contributed by atoms with Gasteiger partial charge in [-0.15, -0.1) is 0 Å². The van der Waals surface area contributed by atoms with E-state index in [0.29, 0.717) is 6.42 Å². The van der Waals surface area contributed by atoms with Crippen LogP contribution in [0.3, 0.4) is 0 Å². The molecule has 0 spiro atoms. The van der Waals surface area contributed by atoms with Crippen molar-refractivity contribution in [2.24, 2.45) is 0 Å². The normalized spacial score (nSPS) is 13.8. The van der Waals surface area contributed by atoms with E-state index in [9.17, 15) is 15.0 Å². The molecule has 0 saturated heterocycles. The molecule has 2 atom stereocenters. The summed E-state index contributed by atoms with van der Waals surface area (Å²) in [6.45, 7) is 4.19. The van der Waals surface area contributed by atoms with Crippen LogP contribution in [0.2, 0.25) is 0 Å². The first kappa shape index (κ1) is 73.3. The Labute approximate surface area is 478 Å². The molecular formula is C73H123NO3. The molecule has 0 aliphatic rings. The van der Waals surface area contributed by atoms with Gasteiger partial charge in [0.25, 0.3) is 0 Å². The summed E-state index contributed by atoms with van der Waals surface area (Å²) in [7, 11) is 0. The van der Waals surface area contributed by atoms with Crippen molar-refractivity contribution < 1.29 is 15.0 Å². The Balaban J connectivity index is 3.63. The maximum absolute atomic E-state index is 12.5. The van der Waals surface area contributed by atoms with Crippen LogP contribution in [0.4, 0.5) is 0 Å². The third-order valence-electron chi connectivity index (χ3n) is 14.1. The van der Waals surface area contributed by atoms with Gasteiger partial charge in [0.15, 0.2) is 0 Å². The maximum Gasteiger partial charge on any atom is 0.220 e. The number of hydrogen-bond donors (Lipinski definition) is 3. The van der Waals surface area contributed by atoms with Gasteiger partial charge in [0.2, 0.25) is 5.91 Å². The molecule has 4 heteroatoms.